The quantitative estimate of drug-likeness (QED) is 0.874. The van der Waals surface area contributed by atoms with Gasteiger partial charge in [0, 0.05) is 13.3 Å². The fourth-order valence-corrected chi connectivity index (χ4v) is 4.44. The fourth-order valence-electron chi connectivity index (χ4n) is 4.44. The van der Waals surface area contributed by atoms with Crippen molar-refractivity contribution in [3.05, 3.63) is 35.4 Å². The molecule has 134 valence electrons. The summed E-state index contributed by atoms with van der Waals surface area (Å²) in [4.78, 5) is 14.6. The van der Waals surface area contributed by atoms with Crippen molar-refractivity contribution in [1.82, 2.24) is 10.2 Å². The Morgan fingerprint density at radius 1 is 1.33 bits per heavy atom. The van der Waals surface area contributed by atoms with Crippen molar-refractivity contribution in [3.63, 3.8) is 0 Å². The number of rotatable bonds is 5. The molecular formula is C21H34N2O. The number of hydrogen-bond acceptors (Lipinski definition) is 2. The highest BCUT2D eigenvalue weighted by molar-refractivity contribution is 5.76. The average Bonchev–Trinajstić information content (AvgIpc) is 2.88. The Kier molecular flexibility index (Phi) is 5.29. The van der Waals surface area contributed by atoms with Crippen LogP contribution in [0.15, 0.2) is 24.3 Å². The molecule has 1 spiro atoms. The van der Waals surface area contributed by atoms with Crippen LogP contribution in [0.5, 0.6) is 0 Å². The predicted octanol–water partition coefficient (Wildman–Crippen LogP) is 4.28. The molecule has 0 unspecified atom stereocenters. The highest BCUT2D eigenvalue weighted by Gasteiger charge is 2.45. The highest BCUT2D eigenvalue weighted by atomic mass is 16.1. The molecule has 0 radical (unpaired) electrons. The molecule has 1 aliphatic heterocycles. The van der Waals surface area contributed by atoms with Crippen LogP contribution in [0.4, 0.5) is 0 Å². The van der Waals surface area contributed by atoms with Gasteiger partial charge in [0.15, 0.2) is 0 Å². The van der Waals surface area contributed by atoms with Gasteiger partial charge in [-0.3, -0.25) is 4.79 Å². The average molecular weight is 331 g/mol. The Morgan fingerprint density at radius 2 is 2.04 bits per heavy atom. The summed E-state index contributed by atoms with van der Waals surface area (Å²) in [5.41, 5.74) is 3.13. The van der Waals surface area contributed by atoms with E-state index in [1.165, 1.54) is 50.0 Å². The fraction of sp³-hybridized carbons (Fsp3) is 0.667. The maximum Gasteiger partial charge on any atom is 0.220 e. The number of likely N-dealkylation sites (tertiary alicyclic amines) is 1. The molecule has 1 aliphatic carbocycles. The van der Waals surface area contributed by atoms with Crippen LogP contribution < -0.4 is 5.32 Å². The van der Waals surface area contributed by atoms with Gasteiger partial charge < -0.3 is 10.2 Å². The molecule has 3 nitrogen and oxygen atoms in total. The normalized spacial score (nSPS) is 22.8. The third kappa shape index (κ3) is 3.51. The molecule has 1 aromatic carbocycles. The molecule has 1 saturated heterocycles. The monoisotopic (exact) mass is 330 g/mol. The van der Waals surface area contributed by atoms with Crippen molar-refractivity contribution in [2.75, 3.05) is 19.6 Å². The van der Waals surface area contributed by atoms with Gasteiger partial charge in [-0.15, -0.1) is 0 Å². The van der Waals surface area contributed by atoms with Gasteiger partial charge in [0.1, 0.15) is 0 Å². The van der Waals surface area contributed by atoms with Gasteiger partial charge >= 0.3 is 0 Å². The SMILES string of the molecule is CCC(=O)N[C@H]1CC2(CCN(CCC(C)C)CC2)c2ccccc21.[HH]. The van der Waals surface area contributed by atoms with Crippen molar-refractivity contribution in [3.8, 4) is 0 Å². The van der Waals surface area contributed by atoms with Crippen LogP contribution in [0.2, 0.25) is 0 Å². The Hall–Kier alpha value is -1.35. The van der Waals surface area contributed by atoms with Gasteiger partial charge in [0.25, 0.3) is 0 Å². The lowest BCUT2D eigenvalue weighted by atomic mass is 9.73. The van der Waals surface area contributed by atoms with E-state index >= 15 is 0 Å². The maximum atomic E-state index is 11.9. The molecule has 0 saturated carbocycles. The number of fused-ring (bicyclic) bond motifs is 2. The lowest BCUT2D eigenvalue weighted by molar-refractivity contribution is -0.121. The standard InChI is InChI=1S/C21H32N2O.H2/c1-4-20(24)22-19-15-21(18-8-6-5-7-17(18)19)10-13-23(14-11-21)12-9-16(2)3;/h5-8,16,19H,4,9-15H2,1-3H3,(H,22,24);1H/t19-;/m0./s1. The van der Waals surface area contributed by atoms with Crippen LogP contribution >= 0.6 is 0 Å². The van der Waals surface area contributed by atoms with Gasteiger partial charge in [-0.2, -0.15) is 0 Å². The molecule has 1 fully saturated rings. The third-order valence-corrected chi connectivity index (χ3v) is 5.99. The smallest absolute Gasteiger partial charge is 0.220 e. The number of nitrogens with one attached hydrogen (secondary N) is 1. The van der Waals surface area contributed by atoms with Gasteiger partial charge in [0.2, 0.25) is 5.91 Å². The van der Waals surface area contributed by atoms with Crippen molar-refractivity contribution in [2.24, 2.45) is 5.92 Å². The van der Waals surface area contributed by atoms with Crippen molar-refractivity contribution >= 4 is 5.91 Å². The zero-order chi connectivity index (χ0) is 17.2. The number of carbonyl (C=O) groups is 1. The number of amides is 1. The number of benzene rings is 1. The van der Waals surface area contributed by atoms with Gasteiger partial charge in [-0.25, -0.2) is 0 Å². The van der Waals surface area contributed by atoms with E-state index < -0.39 is 0 Å². The summed E-state index contributed by atoms with van der Waals surface area (Å²) in [7, 11) is 0. The summed E-state index contributed by atoms with van der Waals surface area (Å²) in [6, 6.07) is 9.00. The largest absolute Gasteiger partial charge is 0.349 e. The summed E-state index contributed by atoms with van der Waals surface area (Å²) >= 11 is 0. The second-order valence-corrected chi connectivity index (χ2v) is 8.07. The summed E-state index contributed by atoms with van der Waals surface area (Å²) in [6.07, 6.45) is 5.38. The van der Waals surface area contributed by atoms with E-state index in [0.717, 1.165) is 12.3 Å². The van der Waals surface area contributed by atoms with Crippen molar-refractivity contribution < 1.29 is 6.22 Å². The first-order valence-electron chi connectivity index (χ1n) is 9.65. The Morgan fingerprint density at radius 3 is 2.71 bits per heavy atom. The third-order valence-electron chi connectivity index (χ3n) is 5.99. The maximum absolute atomic E-state index is 11.9. The summed E-state index contributed by atoms with van der Waals surface area (Å²) in [6.45, 7) is 10.1. The van der Waals surface area contributed by atoms with Crippen LogP contribution in [-0.2, 0) is 10.2 Å². The highest BCUT2D eigenvalue weighted by Crippen LogP contribution is 2.50. The second kappa shape index (κ2) is 7.26. The van der Waals surface area contributed by atoms with Crippen molar-refractivity contribution in [2.45, 2.75) is 64.3 Å². The number of nitrogens with zero attached hydrogens (tertiary/aromatic N) is 1. The first-order chi connectivity index (χ1) is 11.5. The Balaban J connectivity index is 0.00000225. The number of piperidine rings is 1. The Labute approximate surface area is 148 Å². The summed E-state index contributed by atoms with van der Waals surface area (Å²) < 4.78 is 0. The molecule has 0 bridgehead atoms. The lowest BCUT2D eigenvalue weighted by Crippen LogP contribution is -2.42. The molecule has 1 amide bonds. The van der Waals surface area contributed by atoms with Gasteiger partial charge in [-0.05, 0) is 62.4 Å². The first-order valence-corrected chi connectivity index (χ1v) is 9.65. The van der Waals surface area contributed by atoms with Crippen LogP contribution in [0.25, 0.3) is 0 Å². The van der Waals surface area contributed by atoms with Crippen LogP contribution in [-0.4, -0.2) is 30.4 Å². The molecule has 1 aromatic rings. The van der Waals surface area contributed by atoms with Crippen LogP contribution in [0, 0.1) is 5.92 Å². The summed E-state index contributed by atoms with van der Waals surface area (Å²) in [5.74, 6) is 0.947. The minimum atomic E-state index is 0. The zero-order valence-electron chi connectivity index (χ0n) is 15.5. The van der Waals surface area contributed by atoms with E-state index in [2.05, 4.69) is 48.3 Å². The summed E-state index contributed by atoms with van der Waals surface area (Å²) in [5, 5.41) is 3.26. The number of hydrogen-bond donors (Lipinski definition) is 1. The van der Waals surface area contributed by atoms with Crippen LogP contribution in [0.3, 0.4) is 0 Å². The van der Waals surface area contributed by atoms with Gasteiger partial charge in [0.05, 0.1) is 6.04 Å². The van der Waals surface area contributed by atoms with E-state index in [0.29, 0.717) is 6.42 Å². The molecular weight excluding hydrogens is 296 g/mol. The van der Waals surface area contributed by atoms with E-state index in [9.17, 15) is 4.79 Å². The molecule has 0 aromatic heterocycles. The Bertz CT molecular complexity index is 579. The van der Waals surface area contributed by atoms with Gasteiger partial charge in [-0.1, -0.05) is 45.0 Å². The first kappa shape index (κ1) is 17.5. The predicted molar refractivity (Wildman–Crippen MR) is 101 cm³/mol. The zero-order valence-corrected chi connectivity index (χ0v) is 15.5. The van der Waals surface area contributed by atoms with E-state index in [1.54, 1.807) is 0 Å². The second-order valence-electron chi connectivity index (χ2n) is 8.07. The molecule has 1 atom stereocenters. The minimum Gasteiger partial charge on any atom is -0.349 e. The van der Waals surface area contributed by atoms with Crippen molar-refractivity contribution in [1.29, 1.82) is 0 Å². The van der Waals surface area contributed by atoms with Crippen LogP contribution in [0.1, 0.15) is 71.5 Å². The molecule has 2 aliphatic rings. The molecule has 24 heavy (non-hydrogen) atoms. The number of carbonyl (C=O) groups excluding carboxylic acids is 1. The van der Waals surface area contributed by atoms with E-state index in [4.69, 9.17) is 0 Å². The minimum absolute atomic E-state index is 0. The molecule has 1 N–H and O–H groups in total. The molecule has 1 heterocycles. The molecule has 3 heteroatoms. The lowest BCUT2D eigenvalue weighted by Gasteiger charge is -2.40. The van der Waals surface area contributed by atoms with E-state index in [-0.39, 0.29) is 18.8 Å². The topological polar surface area (TPSA) is 32.3 Å². The van der Waals surface area contributed by atoms with E-state index in [1.807, 2.05) is 6.92 Å². The molecule has 3 rings (SSSR count).